The number of Topliss-reactive ketones (excluding diaryl/α,β-unsaturated/α-hetero) is 1. The molecular formula is C27H36N2O6. The molecule has 1 aromatic carbocycles. The number of carbonyl (C=O) groups excluding carboxylic acids is 3. The normalized spacial score (nSPS) is 21.9. The molecule has 1 aromatic rings. The number of ether oxygens (including phenoxy) is 3. The standard InChI is InChI=1S/C27H36N2O6/c1-7-12-34-13-14-35-27(32)22-17(3)28-20-15-16(2)21(26(31)33-6)25(30)24(20)23(22)18-8-10-19(11-9-18)29(4)5/h8-11,16,21,23,28H,7,12-15H2,1-6H3/t16-,21+,23+/m0/s1. The molecule has 0 amide bonds. The monoisotopic (exact) mass is 484 g/mol. The van der Waals surface area contributed by atoms with Crippen molar-refractivity contribution in [2.75, 3.05) is 45.9 Å². The molecule has 3 atom stereocenters. The van der Waals surface area contributed by atoms with E-state index in [-0.39, 0.29) is 18.3 Å². The summed E-state index contributed by atoms with van der Waals surface area (Å²) in [5.41, 5.74) is 3.95. The average Bonchev–Trinajstić information content (AvgIpc) is 2.82. The van der Waals surface area contributed by atoms with E-state index >= 15 is 0 Å². The molecule has 8 heteroatoms. The summed E-state index contributed by atoms with van der Waals surface area (Å²) >= 11 is 0. The highest BCUT2D eigenvalue weighted by molar-refractivity contribution is 6.12. The van der Waals surface area contributed by atoms with E-state index < -0.39 is 23.8 Å². The fraction of sp³-hybridized carbons (Fsp3) is 0.519. The molecule has 0 fully saturated rings. The van der Waals surface area contributed by atoms with Crippen LogP contribution in [0.4, 0.5) is 5.69 Å². The van der Waals surface area contributed by atoms with E-state index in [4.69, 9.17) is 14.2 Å². The van der Waals surface area contributed by atoms with Gasteiger partial charge in [0.2, 0.25) is 0 Å². The lowest BCUT2D eigenvalue weighted by atomic mass is 9.69. The summed E-state index contributed by atoms with van der Waals surface area (Å²) in [5.74, 6) is -3.18. The van der Waals surface area contributed by atoms with Gasteiger partial charge in [-0.1, -0.05) is 26.0 Å². The lowest BCUT2D eigenvalue weighted by Gasteiger charge is -2.38. The molecule has 190 valence electrons. The maximum Gasteiger partial charge on any atom is 0.336 e. The first kappa shape index (κ1) is 26.5. The van der Waals surface area contributed by atoms with Gasteiger partial charge in [0.1, 0.15) is 12.5 Å². The second kappa shape index (κ2) is 11.5. The first-order valence-corrected chi connectivity index (χ1v) is 12.1. The number of methoxy groups -OCH3 is 1. The Morgan fingerprint density at radius 1 is 1.11 bits per heavy atom. The number of anilines is 1. The summed E-state index contributed by atoms with van der Waals surface area (Å²) in [6, 6.07) is 7.73. The van der Waals surface area contributed by atoms with E-state index in [1.54, 1.807) is 0 Å². The molecule has 35 heavy (non-hydrogen) atoms. The summed E-state index contributed by atoms with van der Waals surface area (Å²) < 4.78 is 15.9. The summed E-state index contributed by atoms with van der Waals surface area (Å²) in [7, 11) is 5.18. The maximum absolute atomic E-state index is 13.7. The Morgan fingerprint density at radius 3 is 2.40 bits per heavy atom. The minimum Gasteiger partial charge on any atom is -0.468 e. The van der Waals surface area contributed by atoms with Gasteiger partial charge in [0.25, 0.3) is 0 Å². The Labute approximate surface area is 207 Å². The van der Waals surface area contributed by atoms with Crippen LogP contribution in [0.2, 0.25) is 0 Å². The fourth-order valence-corrected chi connectivity index (χ4v) is 4.77. The molecule has 8 nitrogen and oxygen atoms in total. The van der Waals surface area contributed by atoms with Gasteiger partial charge in [0.15, 0.2) is 5.78 Å². The van der Waals surface area contributed by atoms with Gasteiger partial charge in [-0.2, -0.15) is 0 Å². The number of esters is 2. The van der Waals surface area contributed by atoms with E-state index in [2.05, 4.69) is 5.32 Å². The van der Waals surface area contributed by atoms with Gasteiger partial charge in [-0.05, 0) is 43.4 Å². The van der Waals surface area contributed by atoms with Crippen molar-refractivity contribution in [1.82, 2.24) is 5.32 Å². The molecule has 2 aliphatic rings. The van der Waals surface area contributed by atoms with E-state index in [0.29, 0.717) is 36.5 Å². The summed E-state index contributed by atoms with van der Waals surface area (Å²) in [5, 5.41) is 3.27. The highest BCUT2D eigenvalue weighted by atomic mass is 16.6. The molecule has 0 saturated carbocycles. The molecule has 3 rings (SSSR count). The summed E-state index contributed by atoms with van der Waals surface area (Å²) in [6.07, 6.45) is 1.38. The number of nitrogens with zero attached hydrogens (tertiary/aromatic N) is 1. The van der Waals surface area contributed by atoms with E-state index in [0.717, 1.165) is 23.4 Å². The summed E-state index contributed by atoms with van der Waals surface area (Å²) in [4.78, 5) is 41.5. The van der Waals surface area contributed by atoms with Crippen LogP contribution in [0, 0.1) is 11.8 Å². The van der Waals surface area contributed by atoms with Crippen LogP contribution in [-0.2, 0) is 28.6 Å². The Morgan fingerprint density at radius 2 is 1.80 bits per heavy atom. The Balaban J connectivity index is 2.03. The van der Waals surface area contributed by atoms with E-state index in [9.17, 15) is 14.4 Å². The molecule has 0 saturated heterocycles. The Hall–Kier alpha value is -3.13. The number of carbonyl (C=O) groups is 3. The highest BCUT2D eigenvalue weighted by Crippen LogP contribution is 2.45. The largest absolute Gasteiger partial charge is 0.468 e. The molecule has 0 spiro atoms. The van der Waals surface area contributed by atoms with Gasteiger partial charge < -0.3 is 24.4 Å². The van der Waals surface area contributed by atoms with Gasteiger partial charge >= 0.3 is 11.9 Å². The predicted molar refractivity (Wildman–Crippen MR) is 133 cm³/mol. The number of rotatable bonds is 9. The van der Waals surface area contributed by atoms with Crippen LogP contribution in [0.15, 0.2) is 46.8 Å². The van der Waals surface area contributed by atoms with Crippen LogP contribution in [0.5, 0.6) is 0 Å². The molecule has 1 heterocycles. The number of dihydropyridines is 1. The van der Waals surface area contributed by atoms with Crippen LogP contribution in [0.25, 0.3) is 0 Å². The lowest BCUT2D eigenvalue weighted by Crippen LogP contribution is -2.43. The first-order valence-electron chi connectivity index (χ1n) is 12.1. The quantitative estimate of drug-likeness (QED) is 0.324. The van der Waals surface area contributed by atoms with Crippen molar-refractivity contribution in [3.05, 3.63) is 52.4 Å². The molecular weight excluding hydrogens is 448 g/mol. The van der Waals surface area contributed by atoms with Crippen LogP contribution in [0.3, 0.4) is 0 Å². The number of allylic oxidation sites excluding steroid dienone is 3. The second-order valence-electron chi connectivity index (χ2n) is 9.27. The van der Waals surface area contributed by atoms with Gasteiger partial charge in [0, 0.05) is 49.3 Å². The zero-order chi connectivity index (χ0) is 25.7. The fourth-order valence-electron chi connectivity index (χ4n) is 4.77. The van der Waals surface area contributed by atoms with Gasteiger partial charge in [-0.25, -0.2) is 4.79 Å². The van der Waals surface area contributed by atoms with E-state index in [1.807, 2.05) is 64.0 Å². The number of nitrogens with one attached hydrogen (secondary N) is 1. The topological polar surface area (TPSA) is 94.2 Å². The number of hydrogen-bond acceptors (Lipinski definition) is 8. The molecule has 1 aliphatic carbocycles. The molecule has 0 radical (unpaired) electrons. The van der Waals surface area contributed by atoms with Gasteiger partial charge in [-0.15, -0.1) is 0 Å². The summed E-state index contributed by atoms with van der Waals surface area (Å²) in [6.45, 7) is 6.70. The highest BCUT2D eigenvalue weighted by Gasteiger charge is 2.47. The molecule has 1 aliphatic heterocycles. The molecule has 0 unspecified atom stereocenters. The lowest BCUT2D eigenvalue weighted by molar-refractivity contribution is -0.151. The van der Waals surface area contributed by atoms with Gasteiger partial charge in [0.05, 0.1) is 19.3 Å². The molecule has 0 bridgehead atoms. The van der Waals surface area contributed by atoms with Crippen LogP contribution < -0.4 is 10.2 Å². The van der Waals surface area contributed by atoms with Crippen molar-refractivity contribution in [2.45, 2.75) is 39.5 Å². The van der Waals surface area contributed by atoms with Crippen LogP contribution in [-0.4, -0.2) is 58.7 Å². The smallest absolute Gasteiger partial charge is 0.336 e. The van der Waals surface area contributed by atoms with Crippen molar-refractivity contribution in [3.8, 4) is 0 Å². The third kappa shape index (κ3) is 5.59. The van der Waals surface area contributed by atoms with Crippen molar-refractivity contribution in [3.63, 3.8) is 0 Å². The van der Waals surface area contributed by atoms with Crippen molar-refractivity contribution in [2.24, 2.45) is 11.8 Å². The third-order valence-electron chi connectivity index (χ3n) is 6.52. The number of benzene rings is 1. The maximum atomic E-state index is 13.7. The number of ketones is 1. The predicted octanol–water partition coefficient (Wildman–Crippen LogP) is 3.34. The minimum atomic E-state index is -0.915. The van der Waals surface area contributed by atoms with Crippen molar-refractivity contribution < 1.29 is 28.6 Å². The van der Waals surface area contributed by atoms with E-state index in [1.165, 1.54) is 7.11 Å². The first-order chi connectivity index (χ1) is 16.7. The molecule has 0 aromatic heterocycles. The minimum absolute atomic E-state index is 0.115. The zero-order valence-corrected chi connectivity index (χ0v) is 21.5. The van der Waals surface area contributed by atoms with Crippen molar-refractivity contribution in [1.29, 1.82) is 0 Å². The number of hydrogen-bond donors (Lipinski definition) is 1. The van der Waals surface area contributed by atoms with Crippen LogP contribution >= 0.6 is 0 Å². The zero-order valence-electron chi connectivity index (χ0n) is 21.5. The average molecular weight is 485 g/mol. The third-order valence-corrected chi connectivity index (χ3v) is 6.52. The Bertz CT molecular complexity index is 1020. The van der Waals surface area contributed by atoms with Crippen LogP contribution in [0.1, 0.15) is 45.1 Å². The SMILES string of the molecule is CCCOCCOC(=O)C1=C(C)NC2=C(C(=O)[C@H](C(=O)OC)[C@@H](C)C2)[C@@H]1c1ccc(N(C)C)cc1. The molecule has 1 N–H and O–H groups in total. The Kier molecular flexibility index (Phi) is 8.72. The second-order valence-corrected chi connectivity index (χ2v) is 9.27. The van der Waals surface area contributed by atoms with Crippen molar-refractivity contribution >= 4 is 23.4 Å². The van der Waals surface area contributed by atoms with Gasteiger partial charge in [-0.3, -0.25) is 9.59 Å².